The zero-order valence-electron chi connectivity index (χ0n) is 13.2. The van der Waals surface area contributed by atoms with Gasteiger partial charge in [-0.15, -0.1) is 0 Å². The Balaban J connectivity index is 1.81. The van der Waals surface area contributed by atoms with Gasteiger partial charge in [-0.1, -0.05) is 47.7 Å². The molecule has 0 aliphatic carbocycles. The quantitative estimate of drug-likeness (QED) is 0.586. The van der Waals surface area contributed by atoms with Gasteiger partial charge in [0.25, 0.3) is 0 Å². The maximum Gasteiger partial charge on any atom is 0.174 e. The predicted octanol–water partition coefficient (Wildman–Crippen LogP) is 5.42. The van der Waals surface area contributed by atoms with Crippen LogP contribution in [0.3, 0.4) is 0 Å². The van der Waals surface area contributed by atoms with Crippen LogP contribution in [0.4, 0.5) is 0 Å². The summed E-state index contributed by atoms with van der Waals surface area (Å²) in [6, 6.07) is 18.4. The molecule has 0 N–H and O–H groups in total. The first-order chi connectivity index (χ1) is 11.2. The largest absolute Gasteiger partial charge is 0.479 e. The van der Waals surface area contributed by atoms with E-state index in [0.717, 1.165) is 16.9 Å². The fourth-order valence-corrected chi connectivity index (χ4v) is 3.39. The van der Waals surface area contributed by atoms with Crippen LogP contribution in [0.2, 0.25) is 0 Å². The molecule has 23 heavy (non-hydrogen) atoms. The molecule has 0 aliphatic heterocycles. The third-order valence-corrected chi connectivity index (χ3v) is 4.72. The van der Waals surface area contributed by atoms with Crippen LogP contribution >= 0.6 is 11.3 Å². The lowest BCUT2D eigenvalue weighted by Crippen LogP contribution is -1.95. The van der Waals surface area contributed by atoms with E-state index in [-0.39, 0.29) is 0 Å². The number of hydrogen-bond acceptors (Lipinski definition) is 3. The van der Waals surface area contributed by atoms with Crippen molar-refractivity contribution < 1.29 is 9.53 Å². The molecule has 0 atom stereocenters. The van der Waals surface area contributed by atoms with Crippen LogP contribution in [-0.4, -0.2) is 6.29 Å². The fourth-order valence-electron chi connectivity index (χ4n) is 2.72. The van der Waals surface area contributed by atoms with Crippen molar-refractivity contribution in [2.45, 2.75) is 20.5 Å². The normalized spacial score (nSPS) is 10.5. The van der Waals surface area contributed by atoms with Crippen molar-refractivity contribution in [1.82, 2.24) is 0 Å². The molecule has 0 aliphatic rings. The average molecular weight is 322 g/mol. The second-order valence-corrected chi connectivity index (χ2v) is 6.61. The molecule has 3 rings (SSSR count). The third kappa shape index (κ3) is 3.51. The molecule has 116 valence electrons. The number of aldehydes is 1. The first-order valence-electron chi connectivity index (χ1n) is 7.51. The molecule has 0 radical (unpaired) electrons. The summed E-state index contributed by atoms with van der Waals surface area (Å²) in [6.45, 7) is 4.77. The highest BCUT2D eigenvalue weighted by molar-refractivity contribution is 7.15. The van der Waals surface area contributed by atoms with E-state index in [0.29, 0.717) is 11.5 Å². The maximum absolute atomic E-state index is 10.7. The number of thiophene rings is 1. The SMILES string of the molecule is Cc1cccc(C)c1-c1cccc(COc2ccc(C=O)s2)c1. The van der Waals surface area contributed by atoms with Crippen molar-refractivity contribution in [3.05, 3.63) is 76.2 Å². The Hall–Kier alpha value is -2.39. The van der Waals surface area contributed by atoms with E-state index in [9.17, 15) is 4.79 Å². The summed E-state index contributed by atoms with van der Waals surface area (Å²) in [5.74, 6) is 0. The average Bonchev–Trinajstić information content (AvgIpc) is 3.01. The number of aryl methyl sites for hydroxylation is 2. The Bertz CT molecular complexity index is 813. The maximum atomic E-state index is 10.7. The molecule has 0 fully saturated rings. The molecule has 2 aromatic carbocycles. The summed E-state index contributed by atoms with van der Waals surface area (Å²) < 4.78 is 5.79. The Morgan fingerprint density at radius 1 is 1.00 bits per heavy atom. The van der Waals surface area contributed by atoms with E-state index in [1.165, 1.54) is 33.6 Å². The first-order valence-corrected chi connectivity index (χ1v) is 8.32. The molecule has 1 aromatic heterocycles. The van der Waals surface area contributed by atoms with Gasteiger partial charge in [-0.25, -0.2) is 0 Å². The van der Waals surface area contributed by atoms with Gasteiger partial charge >= 0.3 is 0 Å². The van der Waals surface area contributed by atoms with Crippen LogP contribution < -0.4 is 4.74 Å². The Kier molecular flexibility index (Phi) is 4.58. The van der Waals surface area contributed by atoms with Crippen molar-refractivity contribution in [2.24, 2.45) is 0 Å². The molecular weight excluding hydrogens is 304 g/mol. The Morgan fingerprint density at radius 2 is 1.74 bits per heavy atom. The molecule has 1 heterocycles. The van der Waals surface area contributed by atoms with Gasteiger partial charge in [0.15, 0.2) is 11.3 Å². The van der Waals surface area contributed by atoms with Crippen LogP contribution in [0.1, 0.15) is 26.4 Å². The minimum Gasteiger partial charge on any atom is -0.479 e. The molecule has 0 saturated carbocycles. The molecule has 0 saturated heterocycles. The Morgan fingerprint density at radius 3 is 2.43 bits per heavy atom. The second-order valence-electron chi connectivity index (χ2n) is 5.53. The van der Waals surface area contributed by atoms with Gasteiger partial charge in [0.1, 0.15) is 6.61 Å². The first kappa shape index (κ1) is 15.5. The summed E-state index contributed by atoms with van der Waals surface area (Å²) in [4.78, 5) is 11.4. The predicted molar refractivity (Wildman–Crippen MR) is 95.4 cm³/mol. The minimum atomic E-state index is 0.498. The van der Waals surface area contributed by atoms with E-state index >= 15 is 0 Å². The number of carbonyl (C=O) groups is 1. The van der Waals surface area contributed by atoms with Crippen LogP contribution in [0.5, 0.6) is 5.06 Å². The lowest BCUT2D eigenvalue weighted by Gasteiger charge is -2.11. The molecule has 3 aromatic rings. The molecular formula is C20H18O2S. The van der Waals surface area contributed by atoms with Crippen LogP contribution in [0, 0.1) is 13.8 Å². The van der Waals surface area contributed by atoms with Gasteiger partial charge in [0.2, 0.25) is 0 Å². The smallest absolute Gasteiger partial charge is 0.174 e. The highest BCUT2D eigenvalue weighted by atomic mass is 32.1. The van der Waals surface area contributed by atoms with E-state index in [2.05, 4.69) is 56.3 Å². The zero-order chi connectivity index (χ0) is 16.2. The Labute approximate surface area is 140 Å². The molecule has 2 nitrogen and oxygen atoms in total. The summed E-state index contributed by atoms with van der Waals surface area (Å²) in [5.41, 5.74) is 6.16. The summed E-state index contributed by atoms with van der Waals surface area (Å²) in [7, 11) is 0. The van der Waals surface area contributed by atoms with Crippen molar-refractivity contribution in [3.8, 4) is 16.2 Å². The topological polar surface area (TPSA) is 26.3 Å². The van der Waals surface area contributed by atoms with Crippen LogP contribution in [0.25, 0.3) is 11.1 Å². The monoisotopic (exact) mass is 322 g/mol. The third-order valence-electron chi connectivity index (χ3n) is 3.80. The number of carbonyl (C=O) groups excluding carboxylic acids is 1. The van der Waals surface area contributed by atoms with Gasteiger partial charge in [0.05, 0.1) is 4.88 Å². The van der Waals surface area contributed by atoms with E-state index in [1.54, 1.807) is 6.07 Å². The molecule has 0 spiro atoms. The number of rotatable bonds is 5. The lowest BCUT2D eigenvalue weighted by atomic mass is 9.95. The van der Waals surface area contributed by atoms with Gasteiger partial charge in [-0.2, -0.15) is 0 Å². The molecule has 0 bridgehead atoms. The van der Waals surface area contributed by atoms with Crippen molar-refractivity contribution in [2.75, 3.05) is 0 Å². The van der Waals surface area contributed by atoms with Crippen molar-refractivity contribution in [1.29, 1.82) is 0 Å². The lowest BCUT2D eigenvalue weighted by molar-refractivity contribution is 0.112. The number of ether oxygens (including phenoxy) is 1. The second kappa shape index (κ2) is 6.80. The van der Waals surface area contributed by atoms with Gasteiger partial charge in [-0.05, 0) is 59.9 Å². The van der Waals surface area contributed by atoms with E-state index in [4.69, 9.17) is 4.74 Å². The van der Waals surface area contributed by atoms with Gasteiger partial charge < -0.3 is 4.74 Å². The summed E-state index contributed by atoms with van der Waals surface area (Å²) >= 11 is 1.37. The number of benzene rings is 2. The fraction of sp³-hybridized carbons (Fsp3) is 0.150. The highest BCUT2D eigenvalue weighted by Gasteiger charge is 2.07. The molecule has 3 heteroatoms. The van der Waals surface area contributed by atoms with Crippen molar-refractivity contribution >= 4 is 17.6 Å². The van der Waals surface area contributed by atoms with Gasteiger partial charge in [0, 0.05) is 0 Å². The minimum absolute atomic E-state index is 0.498. The highest BCUT2D eigenvalue weighted by Crippen LogP contribution is 2.28. The standard InChI is InChI=1S/C20H18O2S/c1-14-5-3-6-15(2)20(14)17-8-4-7-16(11-17)13-22-19-10-9-18(12-21)23-19/h3-12H,13H2,1-2H3. The van der Waals surface area contributed by atoms with E-state index < -0.39 is 0 Å². The van der Waals surface area contributed by atoms with Crippen molar-refractivity contribution in [3.63, 3.8) is 0 Å². The zero-order valence-corrected chi connectivity index (χ0v) is 14.0. The molecule has 0 unspecified atom stereocenters. The van der Waals surface area contributed by atoms with Gasteiger partial charge in [-0.3, -0.25) is 4.79 Å². The van der Waals surface area contributed by atoms with Crippen LogP contribution in [-0.2, 0) is 6.61 Å². The molecule has 0 amide bonds. The summed E-state index contributed by atoms with van der Waals surface area (Å²) in [6.07, 6.45) is 0.846. The van der Waals surface area contributed by atoms with E-state index in [1.807, 2.05) is 6.07 Å². The number of hydrogen-bond donors (Lipinski definition) is 0. The summed E-state index contributed by atoms with van der Waals surface area (Å²) in [5, 5.41) is 0.768. The van der Waals surface area contributed by atoms with Crippen LogP contribution in [0.15, 0.2) is 54.6 Å².